The Hall–Kier alpha value is -2.40. The van der Waals surface area contributed by atoms with Crippen LogP contribution in [-0.2, 0) is 6.42 Å². The number of piperidine rings is 2. The lowest BCUT2D eigenvalue weighted by Gasteiger charge is -2.43. The molecule has 39 heavy (non-hydrogen) atoms. The lowest BCUT2D eigenvalue weighted by Crippen LogP contribution is -2.56. The fourth-order valence-electron chi connectivity index (χ4n) is 5.87. The maximum atomic E-state index is 13.4. The molecule has 0 radical (unpaired) electrons. The van der Waals surface area contributed by atoms with Gasteiger partial charge in [0.05, 0.1) is 10.6 Å². The lowest BCUT2D eigenvalue weighted by molar-refractivity contribution is 0.0821. The lowest BCUT2D eigenvalue weighted by atomic mass is 9.88. The van der Waals surface area contributed by atoms with Crippen molar-refractivity contribution in [2.75, 3.05) is 65.2 Å². The first-order valence-electron chi connectivity index (χ1n) is 14.1. The van der Waals surface area contributed by atoms with Crippen molar-refractivity contribution in [3.05, 3.63) is 46.2 Å². The van der Waals surface area contributed by atoms with Crippen molar-refractivity contribution in [3.8, 4) is 0 Å². The van der Waals surface area contributed by atoms with E-state index in [0.29, 0.717) is 27.5 Å². The van der Waals surface area contributed by atoms with Crippen LogP contribution < -0.4 is 10.6 Å². The van der Waals surface area contributed by atoms with Gasteiger partial charge in [-0.25, -0.2) is 14.2 Å². The van der Waals surface area contributed by atoms with Crippen molar-refractivity contribution < 1.29 is 14.0 Å². The number of thiazole rings is 1. The highest BCUT2D eigenvalue weighted by atomic mass is 32.1. The van der Waals surface area contributed by atoms with Crippen LogP contribution in [0.2, 0.25) is 0 Å². The molecule has 0 spiro atoms. The monoisotopic (exact) mass is 558 g/mol. The smallest absolute Gasteiger partial charge is 0.321 e. The van der Waals surface area contributed by atoms with E-state index in [-0.39, 0.29) is 23.7 Å². The molecule has 4 rings (SSSR count). The average molecular weight is 559 g/mol. The number of anilines is 1. The molecule has 2 aliphatic rings. The van der Waals surface area contributed by atoms with Crippen molar-refractivity contribution in [2.45, 2.75) is 45.6 Å². The van der Waals surface area contributed by atoms with Gasteiger partial charge in [0.2, 0.25) is 0 Å². The van der Waals surface area contributed by atoms with Crippen molar-refractivity contribution in [2.24, 2.45) is 11.8 Å². The molecule has 2 aromatic rings. The summed E-state index contributed by atoms with van der Waals surface area (Å²) in [5.74, 6) is 0.632. The second kappa shape index (κ2) is 13.8. The molecule has 2 amide bonds. The van der Waals surface area contributed by atoms with E-state index in [2.05, 4.69) is 44.4 Å². The first-order chi connectivity index (χ1) is 18.7. The zero-order chi connectivity index (χ0) is 27.9. The number of likely N-dealkylation sites (tertiary alicyclic amines) is 2. The first kappa shape index (κ1) is 29.6. The Labute approximate surface area is 236 Å². The number of halogens is 1. The van der Waals surface area contributed by atoms with Gasteiger partial charge >= 0.3 is 6.03 Å². The molecule has 0 bridgehead atoms. The predicted molar refractivity (Wildman–Crippen MR) is 155 cm³/mol. The van der Waals surface area contributed by atoms with Crippen LogP contribution in [0, 0.1) is 24.6 Å². The Balaban J connectivity index is 1.38. The topological polar surface area (TPSA) is 80.8 Å². The molecule has 0 aliphatic carbocycles. The highest BCUT2D eigenvalue weighted by molar-refractivity contribution is 7.17. The van der Waals surface area contributed by atoms with Gasteiger partial charge in [-0.1, -0.05) is 23.5 Å². The summed E-state index contributed by atoms with van der Waals surface area (Å²) in [5.41, 5.74) is 1.84. The van der Waals surface area contributed by atoms with Crippen LogP contribution in [0.1, 0.15) is 47.1 Å². The van der Waals surface area contributed by atoms with Crippen LogP contribution in [0.5, 0.6) is 0 Å². The predicted octanol–water partition coefficient (Wildman–Crippen LogP) is 4.12. The van der Waals surface area contributed by atoms with Crippen LogP contribution in [0.3, 0.4) is 0 Å². The second-order valence-electron chi connectivity index (χ2n) is 11.4. The minimum absolute atomic E-state index is 0.0390. The summed E-state index contributed by atoms with van der Waals surface area (Å²) in [6.45, 7) is 10.3. The number of rotatable bonds is 10. The Morgan fingerprint density at radius 2 is 1.90 bits per heavy atom. The number of urea groups is 1. The maximum absolute atomic E-state index is 13.4. The maximum Gasteiger partial charge on any atom is 0.321 e. The number of Topliss-reactive ketones (excluding diaryl/α,β-unsaturated/α-hetero) is 1. The number of carbonyl (C=O) groups is 2. The van der Waals surface area contributed by atoms with E-state index < -0.39 is 0 Å². The highest BCUT2D eigenvalue weighted by Gasteiger charge is 2.33. The van der Waals surface area contributed by atoms with E-state index in [1.165, 1.54) is 30.2 Å². The molecule has 2 saturated heterocycles. The Kier molecular flexibility index (Phi) is 10.5. The van der Waals surface area contributed by atoms with E-state index in [9.17, 15) is 14.0 Å². The van der Waals surface area contributed by atoms with Crippen molar-refractivity contribution in [1.29, 1.82) is 0 Å². The number of nitrogens with zero attached hydrogens (tertiary/aromatic N) is 4. The molecular formula is C29H43FN6O2S. The zero-order valence-electron chi connectivity index (χ0n) is 23.7. The Bertz CT molecular complexity index is 1110. The number of amides is 2. The van der Waals surface area contributed by atoms with Gasteiger partial charge in [-0.3, -0.25) is 10.1 Å². The number of hydrogen-bond acceptors (Lipinski definition) is 7. The number of ketones is 1. The summed E-state index contributed by atoms with van der Waals surface area (Å²) in [5, 5.41) is 6.56. The second-order valence-corrected chi connectivity index (χ2v) is 12.4. The third-order valence-electron chi connectivity index (χ3n) is 7.87. The molecule has 1 aromatic heterocycles. The molecule has 0 saturated carbocycles. The van der Waals surface area contributed by atoms with Crippen LogP contribution in [0.15, 0.2) is 24.3 Å². The first-order valence-corrected chi connectivity index (χ1v) is 14.9. The van der Waals surface area contributed by atoms with Crippen LogP contribution in [0.25, 0.3) is 0 Å². The van der Waals surface area contributed by atoms with Gasteiger partial charge in [0.15, 0.2) is 10.9 Å². The quantitative estimate of drug-likeness (QED) is 0.427. The average Bonchev–Trinajstić information content (AvgIpc) is 3.25. The van der Waals surface area contributed by atoms with Crippen molar-refractivity contribution in [1.82, 2.24) is 25.0 Å². The molecule has 10 heteroatoms. The fourth-order valence-corrected chi connectivity index (χ4v) is 6.73. The molecule has 3 heterocycles. The molecule has 2 fully saturated rings. The summed E-state index contributed by atoms with van der Waals surface area (Å²) in [6, 6.07) is 6.71. The standard InChI is InChI=1S/C29H43FN6O2S/c1-20-27(21(2)37)39-29(31-20)33-28(38)32-26-11-13-35(15-14-34(3)4)18-24(26)19-36-12-5-6-23(17-36)16-22-7-9-25(30)10-8-22/h7-10,23-24,26H,5-6,11-19H2,1-4H3,(H2,31,32,33,38)/t23?,24-,26+/m0/s1. The SMILES string of the molecule is CC(=O)c1sc(NC(=O)N[C@@H]2CCN(CCN(C)C)C[C@H]2CN2CCCC(Cc3ccc(F)cc3)C2)nc1C. The largest absolute Gasteiger partial charge is 0.335 e. The van der Waals surface area contributed by atoms with Crippen LogP contribution in [-0.4, -0.2) is 97.4 Å². The summed E-state index contributed by atoms with van der Waals surface area (Å²) in [6.07, 6.45) is 4.21. The fraction of sp³-hybridized carbons (Fsp3) is 0.621. The number of hydrogen-bond donors (Lipinski definition) is 2. The number of benzene rings is 1. The van der Waals surface area contributed by atoms with E-state index in [0.717, 1.165) is 65.1 Å². The Morgan fingerprint density at radius 1 is 1.13 bits per heavy atom. The number of nitrogens with one attached hydrogen (secondary N) is 2. The van der Waals surface area contributed by atoms with Crippen LogP contribution >= 0.6 is 11.3 Å². The van der Waals surface area contributed by atoms with Gasteiger partial charge in [0, 0.05) is 58.2 Å². The molecule has 8 nitrogen and oxygen atoms in total. The molecular weight excluding hydrogens is 515 g/mol. The zero-order valence-corrected chi connectivity index (χ0v) is 24.5. The summed E-state index contributed by atoms with van der Waals surface area (Å²) >= 11 is 1.22. The number of aryl methyl sites for hydroxylation is 1. The van der Waals surface area contributed by atoms with Gasteiger partial charge in [0.1, 0.15) is 5.82 Å². The minimum Gasteiger partial charge on any atom is -0.335 e. The third-order valence-corrected chi connectivity index (χ3v) is 9.04. The van der Waals surface area contributed by atoms with Gasteiger partial charge in [-0.05, 0) is 76.9 Å². The molecule has 214 valence electrons. The van der Waals surface area contributed by atoms with Gasteiger partial charge in [-0.2, -0.15) is 0 Å². The van der Waals surface area contributed by atoms with Crippen molar-refractivity contribution >= 4 is 28.3 Å². The van der Waals surface area contributed by atoms with Crippen molar-refractivity contribution in [3.63, 3.8) is 0 Å². The van der Waals surface area contributed by atoms with E-state index in [1.807, 2.05) is 12.1 Å². The number of carbonyl (C=O) groups excluding carboxylic acids is 2. The number of likely N-dealkylation sites (N-methyl/N-ethyl adjacent to an activating group) is 1. The Morgan fingerprint density at radius 3 is 2.59 bits per heavy atom. The normalized spacial score (nSPS) is 22.7. The minimum atomic E-state index is -0.261. The highest BCUT2D eigenvalue weighted by Crippen LogP contribution is 2.26. The summed E-state index contributed by atoms with van der Waals surface area (Å²) in [7, 11) is 4.20. The van der Waals surface area contributed by atoms with E-state index in [4.69, 9.17) is 0 Å². The molecule has 1 unspecified atom stereocenters. The van der Waals surface area contributed by atoms with E-state index >= 15 is 0 Å². The van der Waals surface area contributed by atoms with Gasteiger partial charge < -0.3 is 20.0 Å². The van der Waals surface area contributed by atoms with Crippen LogP contribution in [0.4, 0.5) is 14.3 Å². The van der Waals surface area contributed by atoms with Gasteiger partial charge in [0.25, 0.3) is 0 Å². The molecule has 3 atom stereocenters. The molecule has 2 aliphatic heterocycles. The van der Waals surface area contributed by atoms with Gasteiger partial charge in [-0.15, -0.1) is 0 Å². The molecule has 2 N–H and O–H groups in total. The summed E-state index contributed by atoms with van der Waals surface area (Å²) < 4.78 is 13.4. The third kappa shape index (κ3) is 8.79. The summed E-state index contributed by atoms with van der Waals surface area (Å²) in [4.78, 5) is 37.0. The molecule has 1 aromatic carbocycles. The number of aromatic nitrogens is 1. The van der Waals surface area contributed by atoms with E-state index in [1.54, 1.807) is 19.1 Å².